The van der Waals surface area contributed by atoms with E-state index in [2.05, 4.69) is 18.7 Å². The van der Waals surface area contributed by atoms with Crippen LogP contribution in [0.15, 0.2) is 0 Å². The van der Waals surface area contributed by atoms with Crippen molar-refractivity contribution in [1.82, 2.24) is 4.90 Å². The van der Waals surface area contributed by atoms with Crippen LogP contribution in [0.2, 0.25) is 0 Å². The van der Waals surface area contributed by atoms with Crippen LogP contribution in [0.5, 0.6) is 0 Å². The van der Waals surface area contributed by atoms with Crippen molar-refractivity contribution in [3.8, 4) is 0 Å². The average molecular weight is 182 g/mol. The third-order valence-corrected chi connectivity index (χ3v) is 4.21. The van der Waals surface area contributed by atoms with Crippen molar-refractivity contribution in [2.75, 3.05) is 19.6 Å². The van der Waals surface area contributed by atoms with Crippen molar-refractivity contribution in [2.45, 2.75) is 38.6 Å². The van der Waals surface area contributed by atoms with E-state index in [0.717, 1.165) is 18.4 Å². The number of hydrogen-bond acceptors (Lipinski definition) is 2. The summed E-state index contributed by atoms with van der Waals surface area (Å²) >= 11 is 0. The quantitative estimate of drug-likeness (QED) is 0.700. The molecule has 0 aromatic heterocycles. The molecule has 2 nitrogen and oxygen atoms in total. The zero-order valence-corrected chi connectivity index (χ0v) is 8.92. The molecular weight excluding hydrogens is 160 g/mol. The highest BCUT2D eigenvalue weighted by atomic mass is 15.2. The standard InChI is InChI=1S/C11H22N2/c1-9-3-6-13(7-10(9)2)11(8-12)4-5-11/h9-10H,3-8,12H2,1-2H3. The Morgan fingerprint density at radius 3 is 2.46 bits per heavy atom. The van der Waals surface area contributed by atoms with Gasteiger partial charge in [0.05, 0.1) is 0 Å². The van der Waals surface area contributed by atoms with Crippen LogP contribution in [0, 0.1) is 11.8 Å². The van der Waals surface area contributed by atoms with Crippen molar-refractivity contribution in [3.05, 3.63) is 0 Å². The molecule has 2 unspecified atom stereocenters. The smallest absolute Gasteiger partial charge is 0.0333 e. The van der Waals surface area contributed by atoms with Gasteiger partial charge in [0.15, 0.2) is 0 Å². The normalized spacial score (nSPS) is 39.0. The van der Waals surface area contributed by atoms with Gasteiger partial charge in [0, 0.05) is 18.6 Å². The molecular formula is C11H22N2. The SMILES string of the molecule is CC1CCN(C2(CN)CC2)CC1C. The van der Waals surface area contributed by atoms with Crippen LogP contribution in [-0.2, 0) is 0 Å². The van der Waals surface area contributed by atoms with E-state index in [1.165, 1.54) is 32.4 Å². The predicted octanol–water partition coefficient (Wildman–Crippen LogP) is 1.46. The Hall–Kier alpha value is -0.0800. The maximum Gasteiger partial charge on any atom is 0.0333 e. The van der Waals surface area contributed by atoms with Crippen molar-refractivity contribution in [3.63, 3.8) is 0 Å². The van der Waals surface area contributed by atoms with Crippen molar-refractivity contribution in [1.29, 1.82) is 0 Å². The number of rotatable bonds is 2. The molecule has 2 heteroatoms. The first kappa shape index (κ1) is 9.47. The van der Waals surface area contributed by atoms with Crippen molar-refractivity contribution >= 4 is 0 Å². The van der Waals surface area contributed by atoms with Gasteiger partial charge in [-0.1, -0.05) is 13.8 Å². The first-order chi connectivity index (χ1) is 6.18. The summed E-state index contributed by atoms with van der Waals surface area (Å²) in [7, 11) is 0. The molecule has 0 spiro atoms. The minimum absolute atomic E-state index is 0.439. The van der Waals surface area contributed by atoms with Crippen molar-refractivity contribution in [2.24, 2.45) is 17.6 Å². The summed E-state index contributed by atoms with van der Waals surface area (Å²) in [5.74, 6) is 1.77. The Morgan fingerprint density at radius 1 is 1.31 bits per heavy atom. The summed E-state index contributed by atoms with van der Waals surface area (Å²) in [4.78, 5) is 2.65. The van der Waals surface area contributed by atoms with Crippen LogP contribution < -0.4 is 5.73 Å². The van der Waals surface area contributed by atoms with Gasteiger partial charge in [0.25, 0.3) is 0 Å². The van der Waals surface area contributed by atoms with Crippen LogP contribution in [0.4, 0.5) is 0 Å². The second kappa shape index (κ2) is 3.25. The summed E-state index contributed by atoms with van der Waals surface area (Å²) in [5.41, 5.74) is 6.28. The molecule has 1 aliphatic heterocycles. The summed E-state index contributed by atoms with van der Waals surface area (Å²) < 4.78 is 0. The van der Waals surface area contributed by atoms with E-state index in [-0.39, 0.29) is 0 Å². The summed E-state index contributed by atoms with van der Waals surface area (Å²) in [6, 6.07) is 0. The maximum absolute atomic E-state index is 5.84. The lowest BCUT2D eigenvalue weighted by atomic mass is 9.87. The highest BCUT2D eigenvalue weighted by Crippen LogP contribution is 2.43. The number of nitrogens with zero attached hydrogens (tertiary/aromatic N) is 1. The fourth-order valence-electron chi connectivity index (χ4n) is 2.49. The molecule has 0 bridgehead atoms. The van der Waals surface area contributed by atoms with Crippen molar-refractivity contribution < 1.29 is 0 Å². The predicted molar refractivity (Wildman–Crippen MR) is 55.5 cm³/mol. The lowest BCUT2D eigenvalue weighted by Gasteiger charge is -2.40. The first-order valence-electron chi connectivity index (χ1n) is 5.63. The van der Waals surface area contributed by atoms with Gasteiger partial charge < -0.3 is 5.73 Å². The molecule has 1 saturated heterocycles. The number of likely N-dealkylation sites (tertiary alicyclic amines) is 1. The lowest BCUT2D eigenvalue weighted by Crippen LogP contribution is -2.49. The molecule has 13 heavy (non-hydrogen) atoms. The Labute approximate surface area is 81.5 Å². The second-order valence-corrected chi connectivity index (χ2v) is 5.12. The van der Waals surface area contributed by atoms with E-state index in [1.807, 2.05) is 0 Å². The lowest BCUT2D eigenvalue weighted by molar-refractivity contribution is 0.0864. The zero-order chi connectivity index (χ0) is 9.47. The molecule has 2 N–H and O–H groups in total. The van der Waals surface area contributed by atoms with E-state index in [4.69, 9.17) is 5.73 Å². The molecule has 0 amide bonds. The summed E-state index contributed by atoms with van der Waals surface area (Å²) in [5, 5.41) is 0. The Morgan fingerprint density at radius 2 is 2.00 bits per heavy atom. The topological polar surface area (TPSA) is 29.3 Å². The largest absolute Gasteiger partial charge is 0.329 e. The maximum atomic E-state index is 5.84. The molecule has 0 aromatic rings. The summed E-state index contributed by atoms with van der Waals surface area (Å²) in [6.07, 6.45) is 4.04. The third kappa shape index (κ3) is 1.62. The highest BCUT2D eigenvalue weighted by Gasteiger charge is 2.47. The van der Waals surface area contributed by atoms with Gasteiger partial charge in [0.2, 0.25) is 0 Å². The Balaban J connectivity index is 1.95. The van der Waals surface area contributed by atoms with Gasteiger partial charge in [-0.25, -0.2) is 0 Å². The molecule has 1 aliphatic carbocycles. The summed E-state index contributed by atoms with van der Waals surface area (Å²) in [6.45, 7) is 8.18. The van der Waals surface area contributed by atoms with Gasteiger partial charge in [-0.05, 0) is 37.6 Å². The molecule has 76 valence electrons. The van der Waals surface area contributed by atoms with E-state index < -0.39 is 0 Å². The van der Waals surface area contributed by atoms with Gasteiger partial charge in [0.1, 0.15) is 0 Å². The van der Waals surface area contributed by atoms with Crippen LogP contribution in [0.25, 0.3) is 0 Å². The van der Waals surface area contributed by atoms with E-state index in [0.29, 0.717) is 5.54 Å². The van der Waals surface area contributed by atoms with E-state index in [9.17, 15) is 0 Å². The molecule has 1 saturated carbocycles. The molecule has 2 aliphatic rings. The first-order valence-corrected chi connectivity index (χ1v) is 5.63. The van der Waals surface area contributed by atoms with E-state index in [1.54, 1.807) is 0 Å². The molecule has 2 fully saturated rings. The minimum Gasteiger partial charge on any atom is -0.329 e. The highest BCUT2D eigenvalue weighted by molar-refractivity contribution is 5.05. The van der Waals surface area contributed by atoms with Crippen LogP contribution in [0.3, 0.4) is 0 Å². The van der Waals surface area contributed by atoms with Gasteiger partial charge in [-0.15, -0.1) is 0 Å². The van der Waals surface area contributed by atoms with Gasteiger partial charge >= 0.3 is 0 Å². The van der Waals surface area contributed by atoms with Gasteiger partial charge in [-0.3, -0.25) is 4.90 Å². The zero-order valence-electron chi connectivity index (χ0n) is 8.92. The Bertz CT molecular complexity index is 187. The van der Waals surface area contributed by atoms with Crippen LogP contribution in [-0.4, -0.2) is 30.1 Å². The molecule has 1 heterocycles. The Kier molecular flexibility index (Phi) is 2.37. The van der Waals surface area contributed by atoms with Crippen LogP contribution in [0.1, 0.15) is 33.1 Å². The number of hydrogen-bond donors (Lipinski definition) is 1. The average Bonchev–Trinajstić information content (AvgIpc) is 2.90. The second-order valence-electron chi connectivity index (χ2n) is 5.12. The fraction of sp³-hybridized carbons (Fsp3) is 1.00. The number of piperidine rings is 1. The fourth-order valence-corrected chi connectivity index (χ4v) is 2.49. The van der Waals surface area contributed by atoms with E-state index >= 15 is 0 Å². The van der Waals surface area contributed by atoms with Gasteiger partial charge in [-0.2, -0.15) is 0 Å². The molecule has 0 aromatic carbocycles. The van der Waals surface area contributed by atoms with Crippen LogP contribution >= 0.6 is 0 Å². The molecule has 0 radical (unpaired) electrons. The number of nitrogens with two attached hydrogens (primary N) is 1. The monoisotopic (exact) mass is 182 g/mol. The molecule has 2 atom stereocenters. The minimum atomic E-state index is 0.439. The third-order valence-electron chi connectivity index (χ3n) is 4.21. The molecule has 2 rings (SSSR count).